The number of nitrogens with zero attached hydrogens (tertiary/aromatic N) is 2. The normalized spacial score (nSPS) is 28.3. The van der Waals surface area contributed by atoms with Crippen molar-refractivity contribution < 1.29 is 19.6 Å². The molecule has 4 unspecified atom stereocenters. The third-order valence-electron chi connectivity index (χ3n) is 6.48. The molecule has 1 heterocycles. The fraction of sp³-hybridized carbons (Fsp3) is 0.636. The van der Waals surface area contributed by atoms with E-state index in [0.717, 1.165) is 19.3 Å². The number of aliphatic carboxylic acids is 1. The van der Waals surface area contributed by atoms with Gasteiger partial charge in [0, 0.05) is 10.8 Å². The topological polar surface area (TPSA) is 101 Å². The lowest BCUT2D eigenvalue weighted by Crippen LogP contribution is -2.49. The number of amides is 1. The quantitative estimate of drug-likeness (QED) is 0.608. The van der Waals surface area contributed by atoms with Crippen molar-refractivity contribution in [2.75, 3.05) is 0 Å². The predicted molar refractivity (Wildman–Crippen MR) is 108 cm³/mol. The zero-order valence-electron chi connectivity index (χ0n) is 17.3. The lowest BCUT2D eigenvalue weighted by Gasteiger charge is -2.34. The van der Waals surface area contributed by atoms with Crippen molar-refractivity contribution >= 4 is 11.9 Å². The zero-order valence-corrected chi connectivity index (χ0v) is 17.3. The average molecular weight is 402 g/mol. The Morgan fingerprint density at radius 3 is 2.17 bits per heavy atom. The first kappa shape index (κ1) is 21.3. The number of carboxylic acids is 1. The molecule has 1 aliphatic heterocycles. The Labute approximate surface area is 171 Å². The van der Waals surface area contributed by atoms with E-state index in [0.29, 0.717) is 18.4 Å². The molecule has 1 N–H and O–H groups in total. The zero-order chi connectivity index (χ0) is 21.3. The molecule has 1 aliphatic carbocycles. The van der Waals surface area contributed by atoms with Gasteiger partial charge >= 0.3 is 5.97 Å². The molecule has 2 fully saturated rings. The highest BCUT2D eigenvalue weighted by molar-refractivity contribution is 5.87. The molecular weight excluding hydrogens is 372 g/mol. The number of hydrogen-bond donors (Lipinski definition) is 1. The van der Waals surface area contributed by atoms with E-state index >= 15 is 0 Å². The van der Waals surface area contributed by atoms with Crippen LogP contribution in [0.15, 0.2) is 30.3 Å². The first-order valence-corrected chi connectivity index (χ1v) is 10.4. The van der Waals surface area contributed by atoms with Crippen molar-refractivity contribution in [3.05, 3.63) is 46.0 Å². The van der Waals surface area contributed by atoms with Gasteiger partial charge in [-0.3, -0.25) is 14.9 Å². The fourth-order valence-corrected chi connectivity index (χ4v) is 5.24. The van der Waals surface area contributed by atoms with Crippen LogP contribution in [0.5, 0.6) is 0 Å². The molecule has 2 aliphatic rings. The molecule has 0 spiro atoms. The molecular formula is C22H30N2O5. The number of benzene rings is 1. The Kier molecular flexibility index (Phi) is 5.96. The summed E-state index contributed by atoms with van der Waals surface area (Å²) in [5.74, 6) is -2.47. The third-order valence-corrected chi connectivity index (χ3v) is 6.48. The van der Waals surface area contributed by atoms with Gasteiger partial charge in [-0.05, 0) is 23.8 Å². The highest BCUT2D eigenvalue weighted by atomic mass is 16.6. The standard InChI is InChI=1S/C22H30N2O5/c1-22(2,3)16-18(24(28)29)17(14-10-6-4-7-11-14)23(19(16)21(26)27)20(25)15-12-8-5-9-13-15/h4,6-7,10-11,15-19H,5,8-9,12-13H2,1-3H3,(H,26,27). The number of hydrogen-bond acceptors (Lipinski definition) is 4. The second-order valence-corrected chi connectivity index (χ2v) is 9.39. The molecule has 1 aromatic rings. The van der Waals surface area contributed by atoms with Gasteiger partial charge in [0.25, 0.3) is 0 Å². The van der Waals surface area contributed by atoms with Crippen LogP contribution in [-0.2, 0) is 9.59 Å². The lowest BCUT2D eigenvalue weighted by molar-refractivity contribution is -0.536. The van der Waals surface area contributed by atoms with Crippen molar-refractivity contribution in [3.8, 4) is 0 Å². The summed E-state index contributed by atoms with van der Waals surface area (Å²) in [6.07, 6.45) is 4.36. The number of carboxylic acid groups (broad SMARTS) is 1. The second-order valence-electron chi connectivity index (χ2n) is 9.39. The van der Waals surface area contributed by atoms with Gasteiger partial charge in [0.1, 0.15) is 12.1 Å². The van der Waals surface area contributed by atoms with Crippen molar-refractivity contribution in [1.82, 2.24) is 4.90 Å². The van der Waals surface area contributed by atoms with Gasteiger partial charge in [-0.2, -0.15) is 0 Å². The Morgan fingerprint density at radius 2 is 1.69 bits per heavy atom. The van der Waals surface area contributed by atoms with Crippen LogP contribution in [0.25, 0.3) is 0 Å². The first-order valence-electron chi connectivity index (χ1n) is 10.4. The molecule has 0 radical (unpaired) electrons. The van der Waals surface area contributed by atoms with Crippen molar-refractivity contribution in [2.24, 2.45) is 17.3 Å². The minimum Gasteiger partial charge on any atom is -0.480 e. The van der Waals surface area contributed by atoms with Crippen molar-refractivity contribution in [3.63, 3.8) is 0 Å². The largest absolute Gasteiger partial charge is 0.480 e. The predicted octanol–water partition coefficient (Wildman–Crippen LogP) is 3.91. The Hall–Kier alpha value is -2.44. The Morgan fingerprint density at radius 1 is 1.10 bits per heavy atom. The molecule has 1 saturated heterocycles. The van der Waals surface area contributed by atoms with Gasteiger partial charge in [0.15, 0.2) is 0 Å². The molecule has 29 heavy (non-hydrogen) atoms. The van der Waals surface area contributed by atoms with Gasteiger partial charge in [0.05, 0.1) is 5.92 Å². The Balaban J connectivity index is 2.16. The van der Waals surface area contributed by atoms with Gasteiger partial charge in [0.2, 0.25) is 11.9 Å². The molecule has 7 heteroatoms. The van der Waals surface area contributed by atoms with Crippen molar-refractivity contribution in [1.29, 1.82) is 0 Å². The molecule has 1 aromatic carbocycles. The van der Waals surface area contributed by atoms with Crippen LogP contribution < -0.4 is 0 Å². The molecule has 3 rings (SSSR count). The summed E-state index contributed by atoms with van der Waals surface area (Å²) < 4.78 is 0. The molecule has 0 aromatic heterocycles. The molecule has 1 saturated carbocycles. The van der Waals surface area contributed by atoms with E-state index in [1.54, 1.807) is 24.3 Å². The minimum atomic E-state index is -1.22. The van der Waals surface area contributed by atoms with E-state index in [9.17, 15) is 24.8 Å². The van der Waals surface area contributed by atoms with Crippen LogP contribution in [0.3, 0.4) is 0 Å². The highest BCUT2D eigenvalue weighted by Gasteiger charge is 2.64. The van der Waals surface area contributed by atoms with Crippen LogP contribution in [0, 0.1) is 27.4 Å². The molecule has 0 bridgehead atoms. The molecule has 158 valence electrons. The van der Waals surface area contributed by atoms with Gasteiger partial charge in [-0.25, -0.2) is 4.79 Å². The summed E-state index contributed by atoms with van der Waals surface area (Å²) >= 11 is 0. The van der Waals surface area contributed by atoms with E-state index in [2.05, 4.69) is 0 Å². The number of carbonyl (C=O) groups is 2. The van der Waals surface area contributed by atoms with E-state index in [1.807, 2.05) is 26.8 Å². The van der Waals surface area contributed by atoms with Gasteiger partial charge < -0.3 is 10.0 Å². The summed E-state index contributed by atoms with van der Waals surface area (Å²) in [4.78, 5) is 39.2. The third kappa shape index (κ3) is 4.00. The number of carbonyl (C=O) groups excluding carboxylic acids is 1. The van der Waals surface area contributed by atoms with E-state index in [-0.39, 0.29) is 16.7 Å². The fourth-order valence-electron chi connectivity index (χ4n) is 5.24. The average Bonchev–Trinajstić information content (AvgIpc) is 3.06. The van der Waals surface area contributed by atoms with Crippen LogP contribution in [0.4, 0.5) is 0 Å². The minimum absolute atomic E-state index is 0.246. The number of rotatable bonds is 4. The maximum Gasteiger partial charge on any atom is 0.327 e. The molecule has 7 nitrogen and oxygen atoms in total. The Bertz CT molecular complexity index is 767. The lowest BCUT2D eigenvalue weighted by atomic mass is 9.73. The molecule has 1 amide bonds. The van der Waals surface area contributed by atoms with Gasteiger partial charge in [-0.15, -0.1) is 0 Å². The van der Waals surface area contributed by atoms with Gasteiger partial charge in [-0.1, -0.05) is 70.4 Å². The summed E-state index contributed by atoms with van der Waals surface area (Å²) in [6, 6.07) is 5.59. The monoisotopic (exact) mass is 402 g/mol. The first-order chi connectivity index (χ1) is 13.6. The van der Waals surface area contributed by atoms with E-state index in [1.165, 1.54) is 4.90 Å². The maximum atomic E-state index is 13.6. The summed E-state index contributed by atoms with van der Waals surface area (Å²) in [6.45, 7) is 5.46. The van der Waals surface area contributed by atoms with Crippen LogP contribution in [0.2, 0.25) is 0 Å². The smallest absolute Gasteiger partial charge is 0.327 e. The molecule has 4 atom stereocenters. The van der Waals surface area contributed by atoms with Crippen LogP contribution >= 0.6 is 0 Å². The van der Waals surface area contributed by atoms with Crippen molar-refractivity contribution in [2.45, 2.75) is 71.0 Å². The SMILES string of the molecule is CC(C)(C)C1C(C(=O)O)N(C(=O)C2CCCCC2)C(c2ccccc2)C1[N+](=O)[O-]. The summed E-state index contributed by atoms with van der Waals surface area (Å²) in [5.41, 5.74) is -0.0357. The number of likely N-dealkylation sites (tertiary alicyclic amines) is 1. The second kappa shape index (κ2) is 8.13. The summed E-state index contributed by atoms with van der Waals surface area (Å²) in [5, 5.41) is 22.3. The van der Waals surface area contributed by atoms with E-state index in [4.69, 9.17) is 0 Å². The summed E-state index contributed by atoms with van der Waals surface area (Å²) in [7, 11) is 0. The van der Waals surface area contributed by atoms with Crippen LogP contribution in [-0.4, -0.2) is 38.9 Å². The highest BCUT2D eigenvalue weighted by Crippen LogP contribution is 2.50. The number of nitro groups is 1. The van der Waals surface area contributed by atoms with Crippen LogP contribution in [0.1, 0.15) is 64.5 Å². The van der Waals surface area contributed by atoms with E-state index < -0.39 is 35.4 Å². The maximum absolute atomic E-state index is 13.6.